The molecule has 2 heterocycles. The molecule has 1 fully saturated rings. The average Bonchev–Trinajstić information content (AvgIpc) is 2.97. The van der Waals surface area contributed by atoms with Crippen LogP contribution in [0.25, 0.3) is 0 Å². The van der Waals surface area contributed by atoms with Crippen LogP contribution in [0.4, 0.5) is 27.8 Å². The minimum Gasteiger partial charge on any atom is -0.496 e. The molecule has 214 valence electrons. The van der Waals surface area contributed by atoms with Gasteiger partial charge in [-0.1, -0.05) is 11.6 Å². The first-order chi connectivity index (χ1) is 19.3. The normalized spacial score (nSPS) is 13.9. The molecule has 0 unspecified atom stereocenters. The number of hydrogen-bond donors (Lipinski definition) is 2. The van der Waals surface area contributed by atoms with E-state index in [-0.39, 0.29) is 5.02 Å². The van der Waals surface area contributed by atoms with Crippen LogP contribution in [0.5, 0.6) is 17.2 Å². The summed E-state index contributed by atoms with van der Waals surface area (Å²) in [5.41, 5.74) is 1.90. The van der Waals surface area contributed by atoms with Crippen LogP contribution in [0.2, 0.25) is 5.02 Å². The number of piperazine rings is 1. The second-order valence-corrected chi connectivity index (χ2v) is 9.87. The summed E-state index contributed by atoms with van der Waals surface area (Å²) < 4.78 is 16.6. The van der Waals surface area contributed by atoms with Crippen LogP contribution in [0, 0.1) is 6.92 Å². The molecule has 2 N–H and O–H groups in total. The summed E-state index contributed by atoms with van der Waals surface area (Å²) in [6.45, 7) is 7.70. The van der Waals surface area contributed by atoms with Gasteiger partial charge in [0.05, 0.1) is 19.9 Å². The minimum atomic E-state index is -0.442. The Labute approximate surface area is 240 Å². The molecule has 0 spiro atoms. The zero-order valence-corrected chi connectivity index (χ0v) is 24.3. The fraction of sp³-hybridized carbons (Fsp3) is 0.393. The van der Waals surface area contributed by atoms with Crippen LogP contribution >= 0.6 is 11.6 Å². The molecule has 0 radical (unpaired) electrons. The maximum atomic E-state index is 13.1. The first kappa shape index (κ1) is 29.2. The molecule has 1 aliphatic heterocycles. The van der Waals surface area contributed by atoms with Crippen molar-refractivity contribution in [2.24, 2.45) is 0 Å². The first-order valence-corrected chi connectivity index (χ1v) is 13.4. The third-order valence-corrected chi connectivity index (χ3v) is 7.19. The minimum absolute atomic E-state index is 0.277. The monoisotopic (exact) mass is 569 g/mol. The van der Waals surface area contributed by atoms with Crippen molar-refractivity contribution in [2.75, 3.05) is 83.2 Å². The van der Waals surface area contributed by atoms with Gasteiger partial charge in [-0.2, -0.15) is 0 Å². The van der Waals surface area contributed by atoms with Gasteiger partial charge in [-0.05, 0) is 38.2 Å². The number of halogens is 1. The molecule has 0 saturated carbocycles. The van der Waals surface area contributed by atoms with E-state index in [9.17, 15) is 4.79 Å². The second kappa shape index (κ2) is 13.5. The quantitative estimate of drug-likeness (QED) is 0.365. The van der Waals surface area contributed by atoms with Crippen molar-refractivity contribution >= 4 is 40.6 Å². The number of carbonyl (C=O) groups excluding carboxylic acids is 1. The van der Waals surface area contributed by atoms with Gasteiger partial charge in [-0.25, -0.2) is 14.8 Å². The largest absolute Gasteiger partial charge is 0.496 e. The lowest BCUT2D eigenvalue weighted by atomic mass is 10.1. The Bertz CT molecular complexity index is 1270. The van der Waals surface area contributed by atoms with E-state index >= 15 is 0 Å². The average molecular weight is 570 g/mol. The number of anilines is 4. The second-order valence-electron chi connectivity index (χ2n) is 9.49. The van der Waals surface area contributed by atoms with Crippen LogP contribution < -0.4 is 29.7 Å². The van der Waals surface area contributed by atoms with Gasteiger partial charge in [-0.3, -0.25) is 9.80 Å². The van der Waals surface area contributed by atoms with Crippen LogP contribution in [0.3, 0.4) is 0 Å². The van der Waals surface area contributed by atoms with Crippen molar-refractivity contribution in [3.05, 3.63) is 53.3 Å². The smallest absolute Gasteiger partial charge is 0.327 e. The molecule has 12 heteroatoms. The molecule has 2 aromatic carbocycles. The number of nitrogens with one attached hydrogen (secondary N) is 2. The Morgan fingerprint density at radius 2 is 1.75 bits per heavy atom. The van der Waals surface area contributed by atoms with Crippen molar-refractivity contribution < 1.29 is 19.0 Å². The Hall–Kier alpha value is -3.80. The lowest BCUT2D eigenvalue weighted by molar-refractivity contribution is 0.134. The predicted molar refractivity (Wildman–Crippen MR) is 158 cm³/mol. The van der Waals surface area contributed by atoms with E-state index in [2.05, 4.69) is 37.4 Å². The van der Waals surface area contributed by atoms with Crippen molar-refractivity contribution in [3.8, 4) is 17.2 Å². The zero-order chi connectivity index (χ0) is 28.6. The third-order valence-electron chi connectivity index (χ3n) is 6.81. The molecule has 40 heavy (non-hydrogen) atoms. The number of ether oxygens (including phenoxy) is 3. The van der Waals surface area contributed by atoms with Crippen LogP contribution in [0.1, 0.15) is 5.56 Å². The first-order valence-electron chi connectivity index (χ1n) is 13.0. The maximum Gasteiger partial charge on any atom is 0.327 e. The molecular formula is C28H36ClN7O4. The highest BCUT2D eigenvalue weighted by molar-refractivity contribution is 6.35. The van der Waals surface area contributed by atoms with Gasteiger partial charge >= 0.3 is 6.03 Å². The summed E-state index contributed by atoms with van der Waals surface area (Å²) >= 11 is 6.47. The van der Waals surface area contributed by atoms with Gasteiger partial charge in [0.15, 0.2) is 0 Å². The maximum absolute atomic E-state index is 13.1. The van der Waals surface area contributed by atoms with Crippen molar-refractivity contribution in [3.63, 3.8) is 0 Å². The molecule has 2 amide bonds. The number of urea groups is 1. The van der Waals surface area contributed by atoms with Gasteiger partial charge < -0.3 is 29.7 Å². The van der Waals surface area contributed by atoms with E-state index in [1.807, 2.05) is 24.3 Å². The lowest BCUT2D eigenvalue weighted by Crippen LogP contribution is -2.45. The summed E-state index contributed by atoms with van der Waals surface area (Å²) in [5, 5.41) is 6.36. The van der Waals surface area contributed by atoms with Gasteiger partial charge in [0.2, 0.25) is 0 Å². The summed E-state index contributed by atoms with van der Waals surface area (Å²) in [6.07, 6.45) is 1.39. The SMILES string of the molecule is COc1cc(OC)c(Cl)c(NC(=O)N(C)c2cc(Nc3ccc(OCCN4CCN(C)CC4)cc3)ncn2)c1C. The highest BCUT2D eigenvalue weighted by atomic mass is 35.5. The number of rotatable bonds is 10. The standard InChI is InChI=1S/C28H36ClN7O4/c1-19-22(38-4)16-23(39-5)26(29)27(19)33-28(37)35(3)25-17-24(30-18-31-25)32-20-6-8-21(9-7-20)40-15-14-36-12-10-34(2)11-13-36/h6-9,16-18H,10-15H2,1-5H3,(H,33,37)(H,30,31,32). The van der Waals surface area contributed by atoms with Crippen LogP contribution in [-0.4, -0.2) is 93.4 Å². The van der Waals surface area contributed by atoms with Crippen LogP contribution in [-0.2, 0) is 0 Å². The molecule has 1 saturated heterocycles. The predicted octanol–water partition coefficient (Wildman–Crippen LogP) is 4.49. The van der Waals surface area contributed by atoms with E-state index in [1.165, 1.54) is 18.3 Å². The molecular weight excluding hydrogens is 534 g/mol. The summed E-state index contributed by atoms with van der Waals surface area (Å²) in [5.74, 6) is 2.66. The number of benzene rings is 2. The van der Waals surface area contributed by atoms with E-state index in [0.717, 1.165) is 44.2 Å². The van der Waals surface area contributed by atoms with E-state index < -0.39 is 6.03 Å². The number of hydrogen-bond acceptors (Lipinski definition) is 9. The Balaban J connectivity index is 1.35. The van der Waals surface area contributed by atoms with Crippen molar-refractivity contribution in [1.82, 2.24) is 19.8 Å². The number of methoxy groups -OCH3 is 2. The summed E-state index contributed by atoms with van der Waals surface area (Å²) in [4.78, 5) is 27.8. The Morgan fingerprint density at radius 3 is 2.42 bits per heavy atom. The number of carbonyl (C=O) groups is 1. The number of nitrogens with zero attached hydrogens (tertiary/aromatic N) is 5. The Morgan fingerprint density at radius 1 is 1.05 bits per heavy atom. The van der Waals surface area contributed by atoms with Gasteiger partial charge in [0.1, 0.15) is 46.8 Å². The fourth-order valence-electron chi connectivity index (χ4n) is 4.25. The van der Waals surface area contributed by atoms with E-state index in [4.69, 9.17) is 25.8 Å². The van der Waals surface area contributed by atoms with E-state index in [0.29, 0.717) is 41.0 Å². The topological polar surface area (TPSA) is 104 Å². The molecule has 3 aromatic rings. The molecule has 0 aliphatic carbocycles. The fourth-order valence-corrected chi connectivity index (χ4v) is 4.57. The molecule has 11 nitrogen and oxygen atoms in total. The van der Waals surface area contributed by atoms with Crippen LogP contribution in [0.15, 0.2) is 42.7 Å². The highest BCUT2D eigenvalue weighted by Crippen LogP contribution is 2.40. The van der Waals surface area contributed by atoms with Gasteiger partial charge in [-0.15, -0.1) is 0 Å². The molecule has 0 atom stereocenters. The highest BCUT2D eigenvalue weighted by Gasteiger charge is 2.21. The molecule has 1 aromatic heterocycles. The summed E-state index contributed by atoms with van der Waals surface area (Å²) in [7, 11) is 6.80. The van der Waals surface area contributed by atoms with E-state index in [1.54, 1.807) is 33.2 Å². The van der Waals surface area contributed by atoms with Crippen molar-refractivity contribution in [1.29, 1.82) is 0 Å². The molecule has 0 bridgehead atoms. The van der Waals surface area contributed by atoms with Gasteiger partial charge in [0.25, 0.3) is 0 Å². The molecule has 4 rings (SSSR count). The number of amides is 2. The van der Waals surface area contributed by atoms with Crippen molar-refractivity contribution in [2.45, 2.75) is 6.92 Å². The third kappa shape index (κ3) is 7.23. The lowest BCUT2D eigenvalue weighted by Gasteiger charge is -2.32. The zero-order valence-electron chi connectivity index (χ0n) is 23.5. The number of likely N-dealkylation sites (N-methyl/N-ethyl adjacent to an activating group) is 1. The van der Waals surface area contributed by atoms with Gasteiger partial charge in [0, 0.05) is 63.2 Å². The summed E-state index contributed by atoms with van der Waals surface area (Å²) in [6, 6.07) is 10.6. The number of aromatic nitrogens is 2. The molecule has 1 aliphatic rings. The Kier molecular flexibility index (Phi) is 9.86.